The fourth-order valence-corrected chi connectivity index (χ4v) is 2.39. The van der Waals surface area contributed by atoms with Crippen LogP contribution in [-0.4, -0.2) is 18.4 Å². The summed E-state index contributed by atoms with van der Waals surface area (Å²) < 4.78 is 0. The van der Waals surface area contributed by atoms with E-state index in [1.165, 1.54) is 0 Å². The van der Waals surface area contributed by atoms with Crippen LogP contribution in [0.4, 0.5) is 0 Å². The Hall–Kier alpha value is -1.84. The molecule has 0 radical (unpaired) electrons. The highest BCUT2D eigenvalue weighted by molar-refractivity contribution is 6.07. The fourth-order valence-electron chi connectivity index (χ4n) is 2.39. The predicted octanol–water partition coefficient (Wildman–Crippen LogP) is 2.56. The molecule has 0 aromatic heterocycles. The van der Waals surface area contributed by atoms with E-state index in [4.69, 9.17) is 0 Å². The molecular weight excluding hydrogens is 264 g/mol. The van der Waals surface area contributed by atoms with Crippen molar-refractivity contribution in [3.05, 3.63) is 35.9 Å². The number of hydrogen-bond acceptors (Lipinski definition) is 2. The first-order valence-corrected chi connectivity index (χ1v) is 7.74. The lowest BCUT2D eigenvalue weighted by Crippen LogP contribution is -2.44. The third-order valence-corrected chi connectivity index (χ3v) is 4.08. The van der Waals surface area contributed by atoms with Crippen LogP contribution in [0.5, 0.6) is 0 Å². The van der Waals surface area contributed by atoms with Gasteiger partial charge in [-0.2, -0.15) is 0 Å². The molecule has 1 unspecified atom stereocenters. The van der Waals surface area contributed by atoms with Crippen LogP contribution in [0.1, 0.15) is 51.1 Å². The van der Waals surface area contributed by atoms with E-state index >= 15 is 0 Å². The summed E-state index contributed by atoms with van der Waals surface area (Å²) in [4.78, 5) is 24.6. The third kappa shape index (κ3) is 3.63. The zero-order chi connectivity index (χ0) is 15.3. The molecule has 21 heavy (non-hydrogen) atoms. The van der Waals surface area contributed by atoms with Crippen LogP contribution >= 0.6 is 0 Å². The second-order valence-electron chi connectivity index (χ2n) is 5.80. The average molecular weight is 288 g/mol. The highest BCUT2D eigenvalue weighted by atomic mass is 16.2. The van der Waals surface area contributed by atoms with Crippen molar-refractivity contribution in [2.24, 2.45) is 5.41 Å². The van der Waals surface area contributed by atoms with E-state index in [1.807, 2.05) is 37.3 Å². The molecule has 2 rings (SSSR count). The number of benzene rings is 1. The lowest BCUT2D eigenvalue weighted by Gasteiger charge is -2.19. The molecule has 1 aromatic carbocycles. The molecule has 2 amide bonds. The number of hydrogen-bond donors (Lipinski definition) is 2. The Bertz CT molecular complexity index is 495. The average Bonchev–Trinajstić information content (AvgIpc) is 3.30. The number of unbranched alkanes of at least 4 members (excludes halogenated alkanes) is 1. The molecule has 114 valence electrons. The Morgan fingerprint density at radius 2 is 1.86 bits per heavy atom. The van der Waals surface area contributed by atoms with Crippen molar-refractivity contribution in [2.75, 3.05) is 6.54 Å². The summed E-state index contributed by atoms with van der Waals surface area (Å²) in [6.07, 6.45) is 3.28. The lowest BCUT2D eigenvalue weighted by atomic mass is 10.0. The van der Waals surface area contributed by atoms with Crippen molar-refractivity contribution in [3.8, 4) is 0 Å². The minimum absolute atomic E-state index is 0.0837. The number of rotatable bonds is 7. The van der Waals surface area contributed by atoms with Crippen molar-refractivity contribution >= 4 is 11.8 Å². The first kappa shape index (κ1) is 15.5. The summed E-state index contributed by atoms with van der Waals surface area (Å²) in [6, 6.07) is 9.71. The monoisotopic (exact) mass is 288 g/mol. The Labute approximate surface area is 126 Å². The molecule has 2 N–H and O–H groups in total. The Morgan fingerprint density at radius 1 is 1.19 bits per heavy atom. The second-order valence-corrected chi connectivity index (χ2v) is 5.80. The molecule has 1 aliphatic carbocycles. The third-order valence-electron chi connectivity index (χ3n) is 4.08. The summed E-state index contributed by atoms with van der Waals surface area (Å²) in [7, 11) is 0. The molecule has 1 saturated carbocycles. The summed E-state index contributed by atoms with van der Waals surface area (Å²) in [5, 5.41) is 5.85. The fraction of sp³-hybridized carbons (Fsp3) is 0.529. The van der Waals surface area contributed by atoms with Gasteiger partial charge < -0.3 is 10.6 Å². The SMILES string of the molecule is CCCCNC(=O)C1(C(=O)NC(C)c2ccccc2)CC1. The van der Waals surface area contributed by atoms with Crippen LogP contribution in [0.2, 0.25) is 0 Å². The molecule has 4 heteroatoms. The zero-order valence-electron chi connectivity index (χ0n) is 12.8. The van der Waals surface area contributed by atoms with Gasteiger partial charge in [0.15, 0.2) is 0 Å². The molecule has 1 aromatic rings. The topological polar surface area (TPSA) is 58.2 Å². The van der Waals surface area contributed by atoms with Gasteiger partial charge in [0.1, 0.15) is 5.41 Å². The predicted molar refractivity (Wildman–Crippen MR) is 82.6 cm³/mol. The highest BCUT2D eigenvalue weighted by Crippen LogP contribution is 2.46. The molecule has 0 heterocycles. The number of carbonyl (C=O) groups is 2. The molecule has 0 spiro atoms. The summed E-state index contributed by atoms with van der Waals surface area (Å²) in [5.41, 5.74) is 0.226. The molecular formula is C17H24N2O2. The van der Waals surface area contributed by atoms with Gasteiger partial charge in [0.2, 0.25) is 11.8 Å². The first-order chi connectivity index (χ1) is 10.1. The zero-order valence-corrected chi connectivity index (χ0v) is 12.8. The van der Waals surface area contributed by atoms with Gasteiger partial charge in [0, 0.05) is 6.54 Å². The number of amides is 2. The van der Waals surface area contributed by atoms with Gasteiger partial charge in [-0.3, -0.25) is 9.59 Å². The van der Waals surface area contributed by atoms with Crippen LogP contribution in [0, 0.1) is 5.41 Å². The Morgan fingerprint density at radius 3 is 2.43 bits per heavy atom. The normalized spacial score (nSPS) is 16.9. The van der Waals surface area contributed by atoms with E-state index in [-0.39, 0.29) is 17.9 Å². The highest BCUT2D eigenvalue weighted by Gasteiger charge is 2.56. The van der Waals surface area contributed by atoms with E-state index < -0.39 is 5.41 Å². The summed E-state index contributed by atoms with van der Waals surface area (Å²) >= 11 is 0. The Balaban J connectivity index is 1.92. The maximum Gasteiger partial charge on any atom is 0.236 e. The van der Waals surface area contributed by atoms with E-state index in [9.17, 15) is 9.59 Å². The van der Waals surface area contributed by atoms with Gasteiger partial charge in [0.25, 0.3) is 0 Å². The molecule has 1 aliphatic rings. The van der Waals surface area contributed by atoms with Gasteiger partial charge in [-0.25, -0.2) is 0 Å². The van der Waals surface area contributed by atoms with E-state index in [1.54, 1.807) is 0 Å². The van der Waals surface area contributed by atoms with Crippen molar-refractivity contribution in [2.45, 2.75) is 45.6 Å². The number of nitrogens with one attached hydrogen (secondary N) is 2. The van der Waals surface area contributed by atoms with Crippen molar-refractivity contribution in [3.63, 3.8) is 0 Å². The largest absolute Gasteiger partial charge is 0.355 e. The van der Waals surface area contributed by atoms with Crippen LogP contribution in [0.25, 0.3) is 0 Å². The first-order valence-electron chi connectivity index (χ1n) is 7.74. The molecule has 0 aliphatic heterocycles. The maximum absolute atomic E-state index is 12.4. The van der Waals surface area contributed by atoms with Gasteiger partial charge in [0.05, 0.1) is 6.04 Å². The van der Waals surface area contributed by atoms with E-state index in [2.05, 4.69) is 17.6 Å². The molecule has 0 bridgehead atoms. The molecule has 1 atom stereocenters. The van der Waals surface area contributed by atoms with Crippen molar-refractivity contribution in [1.82, 2.24) is 10.6 Å². The van der Waals surface area contributed by atoms with Gasteiger partial charge >= 0.3 is 0 Å². The number of carbonyl (C=O) groups excluding carboxylic acids is 2. The minimum atomic E-state index is -0.823. The van der Waals surface area contributed by atoms with Gasteiger partial charge in [-0.05, 0) is 31.7 Å². The van der Waals surface area contributed by atoms with Crippen LogP contribution < -0.4 is 10.6 Å². The minimum Gasteiger partial charge on any atom is -0.355 e. The summed E-state index contributed by atoms with van der Waals surface area (Å²) in [5.74, 6) is -0.262. The smallest absolute Gasteiger partial charge is 0.236 e. The lowest BCUT2D eigenvalue weighted by molar-refractivity contribution is -0.137. The van der Waals surface area contributed by atoms with E-state index in [0.717, 1.165) is 18.4 Å². The van der Waals surface area contributed by atoms with Crippen LogP contribution in [0.15, 0.2) is 30.3 Å². The van der Waals surface area contributed by atoms with Crippen molar-refractivity contribution < 1.29 is 9.59 Å². The molecule has 4 nitrogen and oxygen atoms in total. The van der Waals surface area contributed by atoms with Gasteiger partial charge in [-0.15, -0.1) is 0 Å². The quantitative estimate of drug-likeness (QED) is 0.598. The van der Waals surface area contributed by atoms with Crippen LogP contribution in [-0.2, 0) is 9.59 Å². The maximum atomic E-state index is 12.4. The van der Waals surface area contributed by atoms with Crippen LogP contribution in [0.3, 0.4) is 0 Å². The Kier molecular flexibility index (Phi) is 4.99. The standard InChI is InChI=1S/C17H24N2O2/c1-3-4-12-18-15(20)17(10-11-17)16(21)19-13(2)14-8-6-5-7-9-14/h5-9,13H,3-4,10-12H2,1-2H3,(H,18,20)(H,19,21). The second kappa shape index (κ2) is 6.74. The molecule has 1 fully saturated rings. The van der Waals surface area contributed by atoms with E-state index in [0.29, 0.717) is 19.4 Å². The van der Waals surface area contributed by atoms with Crippen molar-refractivity contribution in [1.29, 1.82) is 0 Å². The van der Waals surface area contributed by atoms with Gasteiger partial charge in [-0.1, -0.05) is 43.7 Å². The molecule has 0 saturated heterocycles. The summed E-state index contributed by atoms with van der Waals surface area (Å²) in [6.45, 7) is 4.67.